The number of benzene rings is 1. The molecule has 0 radical (unpaired) electrons. The van der Waals surface area contributed by atoms with Crippen molar-refractivity contribution in [2.75, 3.05) is 0 Å². The zero-order valence-electron chi connectivity index (χ0n) is 8.00. The van der Waals surface area contributed by atoms with Crippen LogP contribution in [-0.4, -0.2) is 6.08 Å². The van der Waals surface area contributed by atoms with Crippen LogP contribution < -0.4 is 0 Å². The van der Waals surface area contributed by atoms with E-state index < -0.39 is 0 Å². The van der Waals surface area contributed by atoms with Crippen LogP contribution in [0.2, 0.25) is 0 Å². The largest absolute Gasteiger partial charge is 0.240 e. The van der Waals surface area contributed by atoms with Crippen LogP contribution in [0.4, 0.5) is 5.69 Å². The lowest BCUT2D eigenvalue weighted by Gasteiger charge is -2.04. The van der Waals surface area contributed by atoms with Crippen molar-refractivity contribution in [3.05, 3.63) is 29.3 Å². The highest BCUT2D eigenvalue weighted by Gasteiger charge is 2.02. The van der Waals surface area contributed by atoms with E-state index in [2.05, 4.69) is 11.9 Å². The van der Waals surface area contributed by atoms with E-state index in [0.29, 0.717) is 0 Å². The van der Waals surface area contributed by atoms with E-state index in [4.69, 9.17) is 0 Å². The van der Waals surface area contributed by atoms with Gasteiger partial charge < -0.3 is 0 Å². The molecule has 0 bridgehead atoms. The maximum atomic E-state index is 10.2. The summed E-state index contributed by atoms with van der Waals surface area (Å²) in [6.45, 7) is 4.06. The Morgan fingerprint density at radius 1 is 1.46 bits per heavy atom. The van der Waals surface area contributed by atoms with Crippen molar-refractivity contribution in [2.24, 2.45) is 4.99 Å². The molecule has 68 valence electrons. The van der Waals surface area contributed by atoms with Gasteiger partial charge in [0, 0.05) is 0 Å². The fourth-order valence-corrected chi connectivity index (χ4v) is 1.40. The second kappa shape index (κ2) is 4.58. The summed E-state index contributed by atoms with van der Waals surface area (Å²) in [4.78, 5) is 13.9. The molecule has 0 saturated carbocycles. The van der Waals surface area contributed by atoms with Gasteiger partial charge in [-0.05, 0) is 24.5 Å². The maximum Gasteiger partial charge on any atom is 0.240 e. The molecule has 0 aromatic heterocycles. The van der Waals surface area contributed by atoms with Crippen molar-refractivity contribution in [3.63, 3.8) is 0 Å². The van der Waals surface area contributed by atoms with E-state index in [1.165, 1.54) is 0 Å². The van der Waals surface area contributed by atoms with E-state index in [0.717, 1.165) is 29.7 Å². The third-order valence-corrected chi connectivity index (χ3v) is 2.00. The molecule has 0 aliphatic carbocycles. The second-order valence-corrected chi connectivity index (χ2v) is 3.04. The molecule has 0 amide bonds. The predicted octanol–water partition coefficient (Wildman–Crippen LogP) is 2.91. The Balaban J connectivity index is 3.16. The van der Waals surface area contributed by atoms with Gasteiger partial charge in [0.05, 0.1) is 5.69 Å². The van der Waals surface area contributed by atoms with Gasteiger partial charge in [-0.25, -0.2) is 4.79 Å². The van der Waals surface area contributed by atoms with Gasteiger partial charge in [0.25, 0.3) is 0 Å². The number of nitrogens with zero attached hydrogens (tertiary/aromatic N) is 1. The Morgan fingerprint density at radius 2 is 2.23 bits per heavy atom. The van der Waals surface area contributed by atoms with Crippen LogP contribution >= 0.6 is 0 Å². The first kappa shape index (κ1) is 9.69. The molecule has 0 unspecified atom stereocenters. The zero-order chi connectivity index (χ0) is 9.68. The van der Waals surface area contributed by atoms with Crippen LogP contribution in [0.5, 0.6) is 0 Å². The van der Waals surface area contributed by atoms with Crippen LogP contribution in [0, 0.1) is 6.92 Å². The minimum Gasteiger partial charge on any atom is -0.211 e. The van der Waals surface area contributed by atoms with Crippen LogP contribution in [0.1, 0.15) is 24.5 Å². The van der Waals surface area contributed by atoms with Crippen LogP contribution in [0.15, 0.2) is 23.2 Å². The molecule has 0 atom stereocenters. The molecular formula is C11H13NO. The lowest BCUT2D eigenvalue weighted by Crippen LogP contribution is -1.86. The average Bonchev–Trinajstić information content (AvgIpc) is 2.11. The third-order valence-electron chi connectivity index (χ3n) is 2.00. The summed E-state index contributed by atoms with van der Waals surface area (Å²) in [5.41, 5.74) is 2.96. The monoisotopic (exact) mass is 175 g/mol. The molecule has 0 N–H and O–H groups in total. The molecule has 1 aromatic rings. The molecule has 0 heterocycles. The molecule has 2 heteroatoms. The number of aliphatic imine (C=N–C) groups is 1. The van der Waals surface area contributed by atoms with E-state index in [1.54, 1.807) is 6.08 Å². The fraction of sp³-hybridized carbons (Fsp3) is 0.364. The number of isocyanates is 1. The van der Waals surface area contributed by atoms with Crippen molar-refractivity contribution in [1.82, 2.24) is 0 Å². The van der Waals surface area contributed by atoms with E-state index in [1.807, 2.05) is 25.1 Å². The quantitative estimate of drug-likeness (QED) is 0.513. The third kappa shape index (κ3) is 2.27. The Bertz CT molecular complexity index is 338. The molecule has 2 nitrogen and oxygen atoms in total. The highest BCUT2D eigenvalue weighted by atomic mass is 16.1. The van der Waals surface area contributed by atoms with Gasteiger partial charge in [-0.1, -0.05) is 31.5 Å². The first-order valence-electron chi connectivity index (χ1n) is 4.46. The number of rotatable bonds is 3. The summed E-state index contributed by atoms with van der Waals surface area (Å²) < 4.78 is 0. The predicted molar refractivity (Wildman–Crippen MR) is 53.0 cm³/mol. The molecule has 0 aliphatic rings. The number of hydrogen-bond donors (Lipinski definition) is 0. The van der Waals surface area contributed by atoms with Gasteiger partial charge in [-0.15, -0.1) is 0 Å². The highest BCUT2D eigenvalue weighted by molar-refractivity contribution is 5.58. The Morgan fingerprint density at radius 3 is 2.85 bits per heavy atom. The van der Waals surface area contributed by atoms with Gasteiger partial charge in [0.15, 0.2) is 0 Å². The maximum absolute atomic E-state index is 10.2. The van der Waals surface area contributed by atoms with Gasteiger partial charge in [-0.2, -0.15) is 4.99 Å². The van der Waals surface area contributed by atoms with Crippen LogP contribution in [0.25, 0.3) is 0 Å². The normalized spacial score (nSPS) is 9.38. The smallest absolute Gasteiger partial charge is 0.211 e. The molecule has 0 saturated heterocycles. The van der Waals surface area contributed by atoms with Crippen LogP contribution in [-0.2, 0) is 11.2 Å². The molecular weight excluding hydrogens is 162 g/mol. The lowest BCUT2D eigenvalue weighted by molar-refractivity contribution is 0.565. The molecule has 0 aliphatic heterocycles. The first-order chi connectivity index (χ1) is 6.29. The van der Waals surface area contributed by atoms with Crippen molar-refractivity contribution in [3.8, 4) is 0 Å². The van der Waals surface area contributed by atoms with Crippen molar-refractivity contribution >= 4 is 11.8 Å². The van der Waals surface area contributed by atoms with Crippen molar-refractivity contribution in [2.45, 2.75) is 26.7 Å². The number of para-hydroxylation sites is 1. The van der Waals surface area contributed by atoms with Gasteiger partial charge >= 0.3 is 0 Å². The SMILES string of the molecule is CCCc1cccc(C)c1N=C=O. The topological polar surface area (TPSA) is 29.4 Å². The Hall–Kier alpha value is -1.40. The van der Waals surface area contributed by atoms with E-state index >= 15 is 0 Å². The average molecular weight is 175 g/mol. The minimum absolute atomic E-state index is 0.791. The summed E-state index contributed by atoms with van der Waals surface area (Å²) in [6, 6.07) is 5.95. The minimum atomic E-state index is 0.791. The molecule has 1 aromatic carbocycles. The summed E-state index contributed by atoms with van der Waals surface area (Å²) in [5.74, 6) is 0. The highest BCUT2D eigenvalue weighted by Crippen LogP contribution is 2.24. The summed E-state index contributed by atoms with van der Waals surface area (Å²) >= 11 is 0. The standard InChI is InChI=1S/C11H13NO/c1-3-5-10-7-4-6-9(2)11(10)12-8-13/h4,6-7H,3,5H2,1-2H3. The fourth-order valence-electron chi connectivity index (χ4n) is 1.40. The van der Waals surface area contributed by atoms with E-state index in [9.17, 15) is 4.79 Å². The van der Waals surface area contributed by atoms with Crippen molar-refractivity contribution < 1.29 is 4.79 Å². The van der Waals surface area contributed by atoms with Crippen LogP contribution in [0.3, 0.4) is 0 Å². The summed E-state index contributed by atoms with van der Waals surface area (Å²) in [7, 11) is 0. The van der Waals surface area contributed by atoms with Gasteiger partial charge in [-0.3, -0.25) is 0 Å². The van der Waals surface area contributed by atoms with Gasteiger partial charge in [0.2, 0.25) is 6.08 Å². The molecule has 13 heavy (non-hydrogen) atoms. The lowest BCUT2D eigenvalue weighted by atomic mass is 10.0. The summed E-state index contributed by atoms with van der Waals surface area (Å²) in [5, 5.41) is 0. The van der Waals surface area contributed by atoms with E-state index in [-0.39, 0.29) is 0 Å². The number of carbonyl (C=O) groups excluding carboxylic acids is 1. The second-order valence-electron chi connectivity index (χ2n) is 3.04. The van der Waals surface area contributed by atoms with Crippen molar-refractivity contribution in [1.29, 1.82) is 0 Å². The molecule has 1 rings (SSSR count). The first-order valence-corrected chi connectivity index (χ1v) is 4.46. The number of aryl methyl sites for hydroxylation is 2. The Labute approximate surface area is 78.3 Å². The Kier molecular flexibility index (Phi) is 3.41. The molecule has 0 spiro atoms. The molecule has 0 fully saturated rings. The van der Waals surface area contributed by atoms with Gasteiger partial charge in [0.1, 0.15) is 0 Å². The summed E-state index contributed by atoms with van der Waals surface area (Å²) in [6.07, 6.45) is 3.62. The zero-order valence-corrected chi connectivity index (χ0v) is 8.00. The number of hydrogen-bond acceptors (Lipinski definition) is 2.